The highest BCUT2D eigenvalue weighted by molar-refractivity contribution is 5.94. The molecule has 156 valence electrons. The highest BCUT2D eigenvalue weighted by atomic mass is 16.1. The summed E-state index contributed by atoms with van der Waals surface area (Å²) in [6.45, 7) is 10.1. The Kier molecular flexibility index (Phi) is 10.2. The molecular formula is C24H40N3O+. The predicted molar refractivity (Wildman–Crippen MR) is 121 cm³/mol. The third-order valence-corrected chi connectivity index (χ3v) is 4.83. The molecule has 0 heterocycles. The molecule has 1 amide bonds. The van der Waals surface area contributed by atoms with E-state index in [4.69, 9.17) is 0 Å². The lowest BCUT2D eigenvalue weighted by Crippen LogP contribution is -2.48. The number of hydrogen-bond donors (Lipinski definition) is 1. The van der Waals surface area contributed by atoms with Gasteiger partial charge in [-0.1, -0.05) is 35.4 Å². The van der Waals surface area contributed by atoms with Crippen molar-refractivity contribution in [2.75, 3.05) is 54.4 Å². The monoisotopic (exact) mass is 386 g/mol. The van der Waals surface area contributed by atoms with Crippen LogP contribution in [0.2, 0.25) is 0 Å². The van der Waals surface area contributed by atoms with Gasteiger partial charge in [-0.25, -0.2) is 0 Å². The van der Waals surface area contributed by atoms with E-state index in [1.807, 2.05) is 24.3 Å². The number of rotatable bonds is 11. The number of likely N-dealkylation sites (N-methyl/N-ethyl adjacent to an activating group) is 2. The standard InChI is InChI=1S/C24H39N3O/c1-20(2)9-8-10-21(3)19-22-11-13-23(14-12-22)24(28)25-15-17-27(6,7)18-16-26(4)5/h9,11-14,19H,8,10,15-18H2,1-7H3/p+1. The molecule has 0 radical (unpaired) electrons. The molecule has 0 aromatic heterocycles. The maximum Gasteiger partial charge on any atom is 0.251 e. The average molecular weight is 387 g/mol. The molecule has 0 saturated carbocycles. The summed E-state index contributed by atoms with van der Waals surface area (Å²) in [5, 5.41) is 3.05. The van der Waals surface area contributed by atoms with Crippen molar-refractivity contribution >= 4 is 12.0 Å². The van der Waals surface area contributed by atoms with Crippen molar-refractivity contribution in [3.05, 3.63) is 52.6 Å². The van der Waals surface area contributed by atoms with Crippen molar-refractivity contribution in [3.8, 4) is 0 Å². The third kappa shape index (κ3) is 10.4. The molecule has 4 nitrogen and oxygen atoms in total. The molecule has 0 spiro atoms. The topological polar surface area (TPSA) is 32.3 Å². The van der Waals surface area contributed by atoms with Crippen LogP contribution in [0, 0.1) is 0 Å². The first kappa shape index (κ1) is 24.1. The van der Waals surface area contributed by atoms with Crippen molar-refractivity contribution in [2.45, 2.75) is 33.6 Å². The number of quaternary nitrogens is 1. The molecule has 0 aliphatic heterocycles. The normalized spacial score (nSPS) is 12.2. The summed E-state index contributed by atoms with van der Waals surface area (Å²) >= 11 is 0. The van der Waals surface area contributed by atoms with E-state index in [0.29, 0.717) is 6.54 Å². The average Bonchev–Trinajstić information content (AvgIpc) is 2.60. The first-order valence-electron chi connectivity index (χ1n) is 10.2. The largest absolute Gasteiger partial charge is 0.346 e. The van der Waals surface area contributed by atoms with Crippen molar-refractivity contribution in [3.63, 3.8) is 0 Å². The maximum absolute atomic E-state index is 12.4. The minimum atomic E-state index is 0.00317. The Labute approximate surface area is 172 Å². The van der Waals surface area contributed by atoms with Crippen LogP contribution in [-0.4, -0.2) is 69.7 Å². The van der Waals surface area contributed by atoms with Gasteiger partial charge in [0, 0.05) is 12.1 Å². The highest BCUT2D eigenvalue weighted by Gasteiger charge is 2.15. The van der Waals surface area contributed by atoms with Gasteiger partial charge in [-0.05, 0) is 65.4 Å². The second-order valence-electron chi connectivity index (χ2n) is 8.87. The molecule has 1 N–H and O–H groups in total. The fraction of sp³-hybridized carbons (Fsp3) is 0.542. The summed E-state index contributed by atoms with van der Waals surface area (Å²) < 4.78 is 0.897. The maximum atomic E-state index is 12.4. The molecule has 0 fully saturated rings. The summed E-state index contributed by atoms with van der Waals surface area (Å²) in [4.78, 5) is 14.6. The van der Waals surface area contributed by atoms with E-state index in [9.17, 15) is 4.79 Å². The first-order chi connectivity index (χ1) is 13.1. The number of carbonyl (C=O) groups is 1. The molecule has 0 bridgehead atoms. The minimum absolute atomic E-state index is 0.00317. The van der Waals surface area contributed by atoms with E-state index in [1.165, 1.54) is 11.1 Å². The molecular weight excluding hydrogens is 346 g/mol. The third-order valence-electron chi connectivity index (χ3n) is 4.83. The van der Waals surface area contributed by atoms with Gasteiger partial charge in [0.2, 0.25) is 0 Å². The molecule has 0 saturated heterocycles. The highest BCUT2D eigenvalue weighted by Crippen LogP contribution is 2.13. The van der Waals surface area contributed by atoms with E-state index >= 15 is 0 Å². The van der Waals surface area contributed by atoms with Crippen LogP contribution >= 0.6 is 0 Å². The van der Waals surface area contributed by atoms with Crippen LogP contribution in [0.1, 0.15) is 49.5 Å². The van der Waals surface area contributed by atoms with Crippen molar-refractivity contribution in [2.24, 2.45) is 0 Å². The van der Waals surface area contributed by atoms with E-state index in [0.717, 1.165) is 48.1 Å². The molecule has 0 unspecified atom stereocenters. The lowest BCUT2D eigenvalue weighted by atomic mass is 10.1. The lowest BCUT2D eigenvalue weighted by molar-refractivity contribution is -0.888. The Morgan fingerprint density at radius 2 is 1.71 bits per heavy atom. The molecule has 1 aromatic carbocycles. The summed E-state index contributed by atoms with van der Waals surface area (Å²) in [6.07, 6.45) is 6.61. The van der Waals surface area contributed by atoms with Crippen molar-refractivity contribution < 1.29 is 9.28 Å². The molecule has 0 aliphatic carbocycles. The fourth-order valence-electron chi connectivity index (χ4n) is 2.83. The van der Waals surface area contributed by atoms with Gasteiger partial charge in [0.05, 0.1) is 33.7 Å². The van der Waals surface area contributed by atoms with E-state index in [-0.39, 0.29) is 5.91 Å². The van der Waals surface area contributed by atoms with Crippen LogP contribution in [0.5, 0.6) is 0 Å². The lowest BCUT2D eigenvalue weighted by Gasteiger charge is -2.31. The summed E-state index contributed by atoms with van der Waals surface area (Å²) in [6, 6.07) is 7.87. The summed E-state index contributed by atoms with van der Waals surface area (Å²) in [5.41, 5.74) is 4.58. The van der Waals surface area contributed by atoms with Gasteiger partial charge in [0.15, 0.2) is 0 Å². The van der Waals surface area contributed by atoms with Gasteiger partial charge >= 0.3 is 0 Å². The van der Waals surface area contributed by atoms with Gasteiger partial charge in [0.25, 0.3) is 5.91 Å². The smallest absolute Gasteiger partial charge is 0.251 e. The number of amides is 1. The summed E-state index contributed by atoms with van der Waals surface area (Å²) in [5.74, 6) is 0.00317. The predicted octanol–water partition coefficient (Wildman–Crippen LogP) is 4.20. The van der Waals surface area contributed by atoms with Crippen LogP contribution in [0.3, 0.4) is 0 Å². The zero-order valence-corrected chi connectivity index (χ0v) is 19.0. The SMILES string of the molecule is CC(C)=CCCC(C)=Cc1ccc(C(=O)NCC[N+](C)(C)CCN(C)C)cc1. The van der Waals surface area contributed by atoms with E-state index < -0.39 is 0 Å². The Hall–Kier alpha value is -1.91. The van der Waals surface area contributed by atoms with Crippen LogP contribution < -0.4 is 5.32 Å². The number of nitrogens with zero attached hydrogens (tertiary/aromatic N) is 2. The number of carbonyl (C=O) groups excluding carboxylic acids is 1. The van der Waals surface area contributed by atoms with Crippen molar-refractivity contribution in [1.82, 2.24) is 10.2 Å². The quantitative estimate of drug-likeness (QED) is 0.456. The number of allylic oxidation sites excluding steroid dienone is 3. The summed E-state index contributed by atoms with van der Waals surface area (Å²) in [7, 11) is 8.59. The van der Waals surface area contributed by atoms with Gasteiger partial charge in [0.1, 0.15) is 0 Å². The fourth-order valence-corrected chi connectivity index (χ4v) is 2.83. The van der Waals surface area contributed by atoms with Gasteiger partial charge in [-0.2, -0.15) is 0 Å². The molecule has 4 heteroatoms. The second-order valence-corrected chi connectivity index (χ2v) is 8.87. The molecule has 0 aliphatic rings. The van der Waals surface area contributed by atoms with Gasteiger partial charge in [-0.3, -0.25) is 4.79 Å². The first-order valence-corrected chi connectivity index (χ1v) is 10.2. The van der Waals surface area contributed by atoms with E-state index in [2.05, 4.69) is 71.3 Å². The molecule has 0 atom stereocenters. The number of nitrogens with one attached hydrogen (secondary N) is 1. The van der Waals surface area contributed by atoms with Crippen LogP contribution in [0.15, 0.2) is 41.5 Å². The van der Waals surface area contributed by atoms with Crippen LogP contribution in [-0.2, 0) is 0 Å². The van der Waals surface area contributed by atoms with Gasteiger partial charge < -0.3 is 14.7 Å². The Balaban J connectivity index is 2.50. The van der Waals surface area contributed by atoms with Gasteiger partial charge in [-0.15, -0.1) is 0 Å². The van der Waals surface area contributed by atoms with Crippen molar-refractivity contribution in [1.29, 1.82) is 0 Å². The minimum Gasteiger partial charge on any atom is -0.346 e. The van der Waals surface area contributed by atoms with E-state index in [1.54, 1.807) is 0 Å². The zero-order chi connectivity index (χ0) is 21.2. The zero-order valence-electron chi connectivity index (χ0n) is 19.0. The number of hydrogen-bond acceptors (Lipinski definition) is 2. The Bertz CT molecular complexity index is 666. The Morgan fingerprint density at radius 1 is 1.07 bits per heavy atom. The van der Waals surface area contributed by atoms with Crippen LogP contribution in [0.25, 0.3) is 6.08 Å². The molecule has 1 aromatic rings. The van der Waals surface area contributed by atoms with Crippen LogP contribution in [0.4, 0.5) is 0 Å². The molecule has 1 rings (SSSR count). The molecule has 28 heavy (non-hydrogen) atoms. The second kappa shape index (κ2) is 11.8. The number of benzene rings is 1. The Morgan fingerprint density at radius 3 is 2.29 bits per heavy atom.